The second-order valence-electron chi connectivity index (χ2n) is 4.89. The summed E-state index contributed by atoms with van der Waals surface area (Å²) < 4.78 is 13.4. The number of hydrogen-bond donors (Lipinski definition) is 1. The predicted octanol–water partition coefficient (Wildman–Crippen LogP) is 3.29. The standard InChI is InChI=1S/C17H19FN2O/c1-20(13-14-7-3-2-4-8-14)17(21)11-12-19-16-10-6-5-9-15(16)18/h2-10,19H,11-13H2,1H3. The van der Waals surface area contributed by atoms with Gasteiger partial charge in [-0.1, -0.05) is 42.5 Å². The van der Waals surface area contributed by atoms with E-state index in [1.54, 1.807) is 30.1 Å². The molecule has 0 saturated carbocycles. The van der Waals surface area contributed by atoms with Crippen LogP contribution in [0.4, 0.5) is 10.1 Å². The number of carbonyl (C=O) groups excluding carboxylic acids is 1. The zero-order chi connectivity index (χ0) is 15.1. The highest BCUT2D eigenvalue weighted by Crippen LogP contribution is 2.12. The van der Waals surface area contributed by atoms with E-state index in [9.17, 15) is 9.18 Å². The fourth-order valence-electron chi connectivity index (χ4n) is 2.04. The molecule has 0 aliphatic carbocycles. The zero-order valence-electron chi connectivity index (χ0n) is 12.1. The lowest BCUT2D eigenvalue weighted by atomic mass is 10.2. The van der Waals surface area contributed by atoms with Crippen LogP contribution in [0.5, 0.6) is 0 Å². The molecule has 3 nitrogen and oxygen atoms in total. The minimum absolute atomic E-state index is 0.0303. The number of para-hydroxylation sites is 1. The summed E-state index contributed by atoms with van der Waals surface area (Å²) in [6.07, 6.45) is 0.331. The molecule has 2 aromatic rings. The van der Waals surface area contributed by atoms with Crippen molar-refractivity contribution in [3.8, 4) is 0 Å². The van der Waals surface area contributed by atoms with Crippen LogP contribution in [0, 0.1) is 5.82 Å². The van der Waals surface area contributed by atoms with Gasteiger partial charge in [0.25, 0.3) is 0 Å². The van der Waals surface area contributed by atoms with Crippen LogP contribution in [0.2, 0.25) is 0 Å². The van der Waals surface area contributed by atoms with Gasteiger partial charge in [-0.3, -0.25) is 4.79 Å². The molecule has 0 bridgehead atoms. The molecule has 0 spiro atoms. The van der Waals surface area contributed by atoms with Crippen molar-refractivity contribution in [2.75, 3.05) is 18.9 Å². The summed E-state index contributed by atoms with van der Waals surface area (Å²) in [7, 11) is 1.78. The van der Waals surface area contributed by atoms with E-state index in [0.717, 1.165) is 5.56 Å². The SMILES string of the molecule is CN(Cc1ccccc1)C(=O)CCNc1ccccc1F. The maximum absolute atomic E-state index is 13.4. The highest BCUT2D eigenvalue weighted by molar-refractivity contribution is 5.76. The number of halogens is 1. The second-order valence-corrected chi connectivity index (χ2v) is 4.89. The van der Waals surface area contributed by atoms with Gasteiger partial charge in [0.05, 0.1) is 5.69 Å². The topological polar surface area (TPSA) is 32.3 Å². The molecule has 110 valence electrons. The van der Waals surface area contributed by atoms with Crippen molar-refractivity contribution in [2.24, 2.45) is 0 Å². The van der Waals surface area contributed by atoms with Crippen LogP contribution in [0.1, 0.15) is 12.0 Å². The van der Waals surface area contributed by atoms with Crippen LogP contribution in [-0.2, 0) is 11.3 Å². The highest BCUT2D eigenvalue weighted by atomic mass is 19.1. The summed E-state index contributed by atoms with van der Waals surface area (Å²) in [5.74, 6) is -0.273. The Morgan fingerprint density at radius 2 is 1.76 bits per heavy atom. The second kappa shape index (κ2) is 7.43. The van der Waals surface area contributed by atoms with Gasteiger partial charge >= 0.3 is 0 Å². The van der Waals surface area contributed by atoms with Crippen LogP contribution in [-0.4, -0.2) is 24.4 Å². The molecule has 21 heavy (non-hydrogen) atoms. The van der Waals surface area contributed by atoms with E-state index in [-0.39, 0.29) is 11.7 Å². The third-order valence-electron chi connectivity index (χ3n) is 3.22. The number of amides is 1. The summed E-state index contributed by atoms with van der Waals surface area (Å²) in [5.41, 5.74) is 1.52. The van der Waals surface area contributed by atoms with E-state index in [2.05, 4.69) is 5.32 Å². The van der Waals surface area contributed by atoms with Crippen LogP contribution >= 0.6 is 0 Å². The van der Waals surface area contributed by atoms with Gasteiger partial charge in [0.2, 0.25) is 5.91 Å². The minimum atomic E-state index is -0.303. The monoisotopic (exact) mass is 286 g/mol. The third kappa shape index (κ3) is 4.60. The van der Waals surface area contributed by atoms with E-state index in [1.165, 1.54) is 6.07 Å². The van der Waals surface area contributed by atoms with E-state index in [1.807, 2.05) is 30.3 Å². The first-order valence-corrected chi connectivity index (χ1v) is 6.93. The van der Waals surface area contributed by atoms with E-state index >= 15 is 0 Å². The van der Waals surface area contributed by atoms with Crippen molar-refractivity contribution in [1.82, 2.24) is 4.90 Å². The van der Waals surface area contributed by atoms with Crippen LogP contribution < -0.4 is 5.32 Å². The Bertz CT molecular complexity index is 586. The van der Waals surface area contributed by atoms with Crippen LogP contribution in [0.15, 0.2) is 54.6 Å². The van der Waals surface area contributed by atoms with Crippen LogP contribution in [0.25, 0.3) is 0 Å². The fraction of sp³-hybridized carbons (Fsp3) is 0.235. The molecule has 0 saturated heterocycles. The van der Waals surface area contributed by atoms with Gasteiger partial charge in [0.1, 0.15) is 5.82 Å². The average Bonchev–Trinajstić information content (AvgIpc) is 2.50. The van der Waals surface area contributed by atoms with E-state index in [0.29, 0.717) is 25.2 Å². The van der Waals surface area contributed by atoms with Gasteiger partial charge in [0.15, 0.2) is 0 Å². The molecule has 2 aromatic carbocycles. The van der Waals surface area contributed by atoms with Gasteiger partial charge in [-0.2, -0.15) is 0 Å². The number of nitrogens with zero attached hydrogens (tertiary/aromatic N) is 1. The fourth-order valence-corrected chi connectivity index (χ4v) is 2.04. The van der Waals surface area contributed by atoms with Crippen molar-refractivity contribution in [3.05, 3.63) is 66.0 Å². The van der Waals surface area contributed by atoms with Crippen molar-refractivity contribution >= 4 is 11.6 Å². The summed E-state index contributed by atoms with van der Waals surface area (Å²) >= 11 is 0. The molecular formula is C17H19FN2O. The largest absolute Gasteiger partial charge is 0.382 e. The molecule has 2 rings (SSSR count). The zero-order valence-corrected chi connectivity index (χ0v) is 12.1. The van der Waals surface area contributed by atoms with Gasteiger partial charge in [-0.25, -0.2) is 4.39 Å². The average molecular weight is 286 g/mol. The van der Waals surface area contributed by atoms with Crippen molar-refractivity contribution in [2.45, 2.75) is 13.0 Å². The van der Waals surface area contributed by atoms with Crippen molar-refractivity contribution in [3.63, 3.8) is 0 Å². The molecule has 0 aliphatic rings. The molecule has 0 fully saturated rings. The van der Waals surface area contributed by atoms with E-state index in [4.69, 9.17) is 0 Å². The summed E-state index contributed by atoms with van der Waals surface area (Å²) in [5, 5.41) is 2.94. The van der Waals surface area contributed by atoms with Crippen LogP contribution in [0.3, 0.4) is 0 Å². The number of hydrogen-bond acceptors (Lipinski definition) is 2. The van der Waals surface area contributed by atoms with Gasteiger partial charge in [-0.15, -0.1) is 0 Å². The molecule has 1 amide bonds. The Morgan fingerprint density at radius 1 is 1.10 bits per heavy atom. The number of nitrogens with one attached hydrogen (secondary N) is 1. The lowest BCUT2D eigenvalue weighted by Crippen LogP contribution is -2.27. The van der Waals surface area contributed by atoms with Gasteiger partial charge in [-0.05, 0) is 17.7 Å². The van der Waals surface area contributed by atoms with Gasteiger partial charge < -0.3 is 10.2 Å². The maximum Gasteiger partial charge on any atom is 0.224 e. The molecule has 0 atom stereocenters. The quantitative estimate of drug-likeness (QED) is 0.883. The Balaban J connectivity index is 1.78. The third-order valence-corrected chi connectivity index (χ3v) is 3.22. The Hall–Kier alpha value is -2.36. The summed E-state index contributed by atoms with van der Waals surface area (Å²) in [6, 6.07) is 16.3. The van der Waals surface area contributed by atoms with Crippen molar-refractivity contribution < 1.29 is 9.18 Å². The number of benzene rings is 2. The Labute approximate surface area is 124 Å². The number of carbonyl (C=O) groups is 1. The summed E-state index contributed by atoms with van der Waals surface area (Å²) in [4.78, 5) is 13.7. The first kappa shape index (κ1) is 15.0. The van der Waals surface area contributed by atoms with E-state index < -0.39 is 0 Å². The number of rotatable bonds is 6. The predicted molar refractivity (Wildman–Crippen MR) is 82.4 cm³/mol. The molecule has 1 N–H and O–H groups in total. The lowest BCUT2D eigenvalue weighted by Gasteiger charge is -2.17. The Kier molecular flexibility index (Phi) is 5.32. The molecule has 0 aromatic heterocycles. The smallest absolute Gasteiger partial charge is 0.224 e. The molecule has 0 heterocycles. The van der Waals surface area contributed by atoms with Crippen molar-refractivity contribution in [1.29, 1.82) is 0 Å². The number of anilines is 1. The molecule has 0 aliphatic heterocycles. The molecule has 4 heteroatoms. The molecule has 0 radical (unpaired) electrons. The minimum Gasteiger partial charge on any atom is -0.382 e. The lowest BCUT2D eigenvalue weighted by molar-refractivity contribution is -0.130. The molecular weight excluding hydrogens is 267 g/mol. The first-order chi connectivity index (χ1) is 10.2. The first-order valence-electron chi connectivity index (χ1n) is 6.93. The maximum atomic E-state index is 13.4. The Morgan fingerprint density at radius 3 is 2.48 bits per heavy atom. The highest BCUT2D eigenvalue weighted by Gasteiger charge is 2.09. The molecule has 0 unspecified atom stereocenters. The normalized spacial score (nSPS) is 10.2. The summed E-state index contributed by atoms with van der Waals surface area (Å²) in [6.45, 7) is 0.998. The van der Waals surface area contributed by atoms with Gasteiger partial charge in [0, 0.05) is 26.6 Å².